The monoisotopic (exact) mass is 238 g/mol. The average molecular weight is 238 g/mol. The first-order valence-electron chi connectivity index (χ1n) is 6.05. The van der Waals surface area contributed by atoms with Crippen LogP contribution in [0, 0.1) is 11.8 Å². The number of carboxylic acid groups (broad SMARTS) is 1. The molecule has 1 saturated carbocycles. The van der Waals surface area contributed by atoms with Crippen molar-refractivity contribution in [2.75, 3.05) is 0 Å². The SMILES string of the molecule is CC1CC(C(=O)O)C(c2nc(C(C)C)no2)C1. The molecule has 0 radical (unpaired) electrons. The molecule has 0 aliphatic heterocycles. The van der Waals surface area contributed by atoms with E-state index < -0.39 is 5.97 Å². The summed E-state index contributed by atoms with van der Waals surface area (Å²) in [5, 5.41) is 13.1. The van der Waals surface area contributed by atoms with Crippen LogP contribution in [0.15, 0.2) is 4.52 Å². The molecule has 17 heavy (non-hydrogen) atoms. The molecule has 1 aliphatic carbocycles. The molecule has 1 heterocycles. The Labute approximate surface area is 100 Å². The Hall–Kier alpha value is -1.39. The van der Waals surface area contributed by atoms with Crippen LogP contribution < -0.4 is 0 Å². The predicted octanol–water partition coefficient (Wildman–Crippen LogP) is 2.41. The lowest BCUT2D eigenvalue weighted by molar-refractivity contribution is -0.142. The van der Waals surface area contributed by atoms with Crippen LogP contribution >= 0.6 is 0 Å². The highest BCUT2D eigenvalue weighted by Gasteiger charge is 2.41. The van der Waals surface area contributed by atoms with Gasteiger partial charge in [0, 0.05) is 5.92 Å². The van der Waals surface area contributed by atoms with Crippen molar-refractivity contribution in [1.29, 1.82) is 0 Å². The van der Waals surface area contributed by atoms with Crippen LogP contribution in [-0.2, 0) is 4.79 Å². The van der Waals surface area contributed by atoms with Crippen LogP contribution in [0.1, 0.15) is 57.2 Å². The molecule has 1 aliphatic rings. The third-order valence-corrected chi connectivity index (χ3v) is 3.41. The minimum Gasteiger partial charge on any atom is -0.481 e. The molecule has 5 heteroatoms. The van der Waals surface area contributed by atoms with Crippen molar-refractivity contribution in [3.8, 4) is 0 Å². The normalized spacial score (nSPS) is 28.8. The fourth-order valence-electron chi connectivity index (χ4n) is 2.47. The van der Waals surface area contributed by atoms with Gasteiger partial charge in [-0.3, -0.25) is 4.79 Å². The van der Waals surface area contributed by atoms with E-state index in [0.29, 0.717) is 24.1 Å². The third-order valence-electron chi connectivity index (χ3n) is 3.41. The van der Waals surface area contributed by atoms with Gasteiger partial charge in [0.15, 0.2) is 5.82 Å². The van der Waals surface area contributed by atoms with E-state index >= 15 is 0 Å². The Balaban J connectivity index is 2.22. The van der Waals surface area contributed by atoms with Crippen molar-refractivity contribution in [2.45, 2.75) is 45.4 Å². The van der Waals surface area contributed by atoms with E-state index in [0.717, 1.165) is 6.42 Å². The standard InChI is InChI=1S/C12H18N2O3/c1-6(2)10-13-11(17-14-10)8-4-7(3)5-9(8)12(15)16/h6-9H,4-5H2,1-3H3,(H,15,16). The van der Waals surface area contributed by atoms with E-state index in [-0.39, 0.29) is 17.8 Å². The zero-order chi connectivity index (χ0) is 12.6. The van der Waals surface area contributed by atoms with E-state index in [1.807, 2.05) is 13.8 Å². The molecule has 0 saturated heterocycles. The van der Waals surface area contributed by atoms with Crippen LogP contribution in [0.25, 0.3) is 0 Å². The van der Waals surface area contributed by atoms with Crippen LogP contribution in [0.3, 0.4) is 0 Å². The first-order valence-corrected chi connectivity index (χ1v) is 6.05. The molecule has 5 nitrogen and oxygen atoms in total. The maximum atomic E-state index is 11.2. The number of rotatable bonds is 3. The molecule has 2 rings (SSSR count). The number of carbonyl (C=O) groups is 1. The number of carboxylic acids is 1. The summed E-state index contributed by atoms with van der Waals surface area (Å²) in [6.45, 7) is 6.04. The molecule has 0 amide bonds. The summed E-state index contributed by atoms with van der Waals surface area (Å²) in [4.78, 5) is 15.5. The predicted molar refractivity (Wildman–Crippen MR) is 60.7 cm³/mol. The van der Waals surface area contributed by atoms with Crippen molar-refractivity contribution in [1.82, 2.24) is 10.1 Å². The minimum absolute atomic E-state index is 0.123. The molecule has 0 bridgehead atoms. The Bertz CT molecular complexity index is 414. The van der Waals surface area contributed by atoms with Gasteiger partial charge < -0.3 is 9.63 Å². The second-order valence-corrected chi connectivity index (χ2v) is 5.27. The smallest absolute Gasteiger partial charge is 0.307 e. The van der Waals surface area contributed by atoms with Crippen LogP contribution in [0.4, 0.5) is 0 Å². The molecule has 3 atom stereocenters. The molecule has 0 spiro atoms. The summed E-state index contributed by atoms with van der Waals surface area (Å²) in [5.41, 5.74) is 0. The lowest BCUT2D eigenvalue weighted by Crippen LogP contribution is -2.17. The van der Waals surface area contributed by atoms with Crippen molar-refractivity contribution >= 4 is 5.97 Å². The largest absolute Gasteiger partial charge is 0.481 e. The third kappa shape index (κ3) is 2.33. The van der Waals surface area contributed by atoms with Gasteiger partial charge in [-0.05, 0) is 18.8 Å². The van der Waals surface area contributed by atoms with Gasteiger partial charge in [0.1, 0.15) is 0 Å². The summed E-state index contributed by atoms with van der Waals surface area (Å²) in [6.07, 6.45) is 1.51. The highest BCUT2D eigenvalue weighted by atomic mass is 16.5. The molecule has 1 N–H and O–H groups in total. The van der Waals surface area contributed by atoms with Crippen LogP contribution in [-0.4, -0.2) is 21.2 Å². The maximum Gasteiger partial charge on any atom is 0.307 e. The van der Waals surface area contributed by atoms with Gasteiger partial charge in [-0.2, -0.15) is 4.98 Å². The fourth-order valence-corrected chi connectivity index (χ4v) is 2.47. The van der Waals surface area contributed by atoms with Crippen molar-refractivity contribution in [2.24, 2.45) is 11.8 Å². The number of nitrogens with zero attached hydrogens (tertiary/aromatic N) is 2. The van der Waals surface area contributed by atoms with Gasteiger partial charge in [0.25, 0.3) is 0 Å². The quantitative estimate of drug-likeness (QED) is 0.875. The molecular formula is C12H18N2O3. The lowest BCUT2D eigenvalue weighted by Gasteiger charge is -2.10. The van der Waals surface area contributed by atoms with E-state index in [1.54, 1.807) is 0 Å². The van der Waals surface area contributed by atoms with E-state index in [2.05, 4.69) is 17.1 Å². The molecule has 1 aromatic rings. The zero-order valence-corrected chi connectivity index (χ0v) is 10.4. The van der Waals surface area contributed by atoms with Gasteiger partial charge in [0.2, 0.25) is 5.89 Å². The van der Waals surface area contributed by atoms with Crippen LogP contribution in [0.5, 0.6) is 0 Å². The highest BCUT2D eigenvalue weighted by Crippen LogP contribution is 2.42. The molecule has 0 aromatic carbocycles. The Morgan fingerprint density at radius 2 is 2.18 bits per heavy atom. The average Bonchev–Trinajstić information content (AvgIpc) is 2.82. The Morgan fingerprint density at radius 3 is 2.71 bits per heavy atom. The fraction of sp³-hybridized carbons (Fsp3) is 0.750. The zero-order valence-electron chi connectivity index (χ0n) is 10.4. The number of hydrogen-bond acceptors (Lipinski definition) is 4. The lowest BCUT2D eigenvalue weighted by atomic mass is 9.96. The Morgan fingerprint density at radius 1 is 1.47 bits per heavy atom. The minimum atomic E-state index is -0.761. The van der Waals surface area contributed by atoms with Gasteiger partial charge in [-0.15, -0.1) is 0 Å². The van der Waals surface area contributed by atoms with Crippen molar-refractivity contribution in [3.63, 3.8) is 0 Å². The maximum absolute atomic E-state index is 11.2. The van der Waals surface area contributed by atoms with Gasteiger partial charge in [0.05, 0.1) is 11.8 Å². The topological polar surface area (TPSA) is 76.2 Å². The summed E-state index contributed by atoms with van der Waals surface area (Å²) >= 11 is 0. The summed E-state index contributed by atoms with van der Waals surface area (Å²) in [6, 6.07) is 0. The van der Waals surface area contributed by atoms with Crippen molar-refractivity contribution < 1.29 is 14.4 Å². The Kier molecular flexibility index (Phi) is 3.17. The van der Waals surface area contributed by atoms with E-state index in [9.17, 15) is 9.90 Å². The first kappa shape index (κ1) is 12.1. The van der Waals surface area contributed by atoms with Crippen LogP contribution in [0.2, 0.25) is 0 Å². The van der Waals surface area contributed by atoms with Gasteiger partial charge >= 0.3 is 5.97 Å². The summed E-state index contributed by atoms with van der Waals surface area (Å²) < 4.78 is 5.21. The summed E-state index contributed by atoms with van der Waals surface area (Å²) in [7, 11) is 0. The molecule has 1 fully saturated rings. The summed E-state index contributed by atoms with van der Waals surface area (Å²) in [5.74, 6) is 0.482. The van der Waals surface area contributed by atoms with Crippen molar-refractivity contribution in [3.05, 3.63) is 11.7 Å². The second-order valence-electron chi connectivity index (χ2n) is 5.27. The molecule has 94 valence electrons. The second kappa shape index (κ2) is 4.47. The molecule has 1 aromatic heterocycles. The van der Waals surface area contributed by atoms with E-state index in [4.69, 9.17) is 4.52 Å². The molecule has 3 unspecified atom stereocenters. The van der Waals surface area contributed by atoms with Gasteiger partial charge in [-0.25, -0.2) is 0 Å². The molecular weight excluding hydrogens is 220 g/mol. The number of hydrogen-bond donors (Lipinski definition) is 1. The van der Waals surface area contributed by atoms with Gasteiger partial charge in [-0.1, -0.05) is 25.9 Å². The number of aromatic nitrogens is 2. The highest BCUT2D eigenvalue weighted by molar-refractivity contribution is 5.71. The first-order chi connectivity index (χ1) is 7.99. The number of aliphatic carboxylic acids is 1. The van der Waals surface area contributed by atoms with E-state index in [1.165, 1.54) is 0 Å².